The molecule has 0 aliphatic carbocycles. The van der Waals surface area contributed by atoms with Crippen LogP contribution < -0.4 is 5.32 Å². The predicted molar refractivity (Wildman–Crippen MR) is 127 cm³/mol. The van der Waals surface area contributed by atoms with Crippen molar-refractivity contribution in [2.24, 2.45) is 0 Å². The zero-order valence-corrected chi connectivity index (χ0v) is 19.6. The van der Waals surface area contributed by atoms with Gasteiger partial charge in [0, 0.05) is 34.3 Å². The number of nitrogens with zero attached hydrogens (tertiary/aromatic N) is 3. The summed E-state index contributed by atoms with van der Waals surface area (Å²) < 4.78 is 2.30. The highest BCUT2D eigenvalue weighted by molar-refractivity contribution is 7.80. The standard InChI is InChI=1S/C24H27ClN4S/c1-14(2)28-23(22(27-24(28)30)20-10-6-7-12-26-20)18-13-15(3)29(17(18)5)21-11-8-9-19(25)16(21)4/h6-14,22-23H,1-5H3,(H,27,30)/t22-,23-/m1/s1. The molecule has 3 heterocycles. The minimum atomic E-state index is -0.00416. The summed E-state index contributed by atoms with van der Waals surface area (Å²) in [5, 5.41) is 5.08. The number of aromatic nitrogens is 2. The van der Waals surface area contributed by atoms with Crippen LogP contribution in [0.1, 0.15) is 54.1 Å². The average Bonchev–Trinajstić information content (AvgIpc) is 3.21. The molecule has 0 unspecified atom stereocenters. The molecule has 1 fully saturated rings. The molecular weight excluding hydrogens is 412 g/mol. The third-order valence-corrected chi connectivity index (χ3v) is 6.70. The van der Waals surface area contributed by atoms with Crippen LogP contribution in [0.2, 0.25) is 5.02 Å². The van der Waals surface area contributed by atoms with E-state index < -0.39 is 0 Å². The molecule has 0 bridgehead atoms. The fraction of sp³-hybridized carbons (Fsp3) is 0.333. The molecule has 0 amide bonds. The number of benzene rings is 1. The van der Waals surface area contributed by atoms with E-state index >= 15 is 0 Å². The summed E-state index contributed by atoms with van der Waals surface area (Å²) in [5.74, 6) is 0. The maximum absolute atomic E-state index is 6.43. The van der Waals surface area contributed by atoms with Gasteiger partial charge in [0.2, 0.25) is 0 Å². The summed E-state index contributed by atoms with van der Waals surface area (Å²) in [7, 11) is 0. The van der Waals surface area contributed by atoms with Gasteiger partial charge in [-0.2, -0.15) is 0 Å². The Bertz CT molecular complexity index is 1090. The van der Waals surface area contributed by atoms with Crippen molar-refractivity contribution in [3.05, 3.63) is 81.9 Å². The first-order valence-electron chi connectivity index (χ1n) is 10.2. The van der Waals surface area contributed by atoms with Crippen LogP contribution in [0.15, 0.2) is 48.7 Å². The molecule has 1 N–H and O–H groups in total. The number of rotatable bonds is 4. The van der Waals surface area contributed by atoms with Gasteiger partial charge in [-0.3, -0.25) is 4.98 Å². The van der Waals surface area contributed by atoms with Crippen LogP contribution in [0.25, 0.3) is 5.69 Å². The van der Waals surface area contributed by atoms with Gasteiger partial charge in [0.1, 0.15) is 0 Å². The van der Waals surface area contributed by atoms with Gasteiger partial charge in [-0.25, -0.2) is 0 Å². The monoisotopic (exact) mass is 438 g/mol. The van der Waals surface area contributed by atoms with E-state index in [9.17, 15) is 0 Å². The topological polar surface area (TPSA) is 33.1 Å². The van der Waals surface area contributed by atoms with Gasteiger partial charge in [-0.1, -0.05) is 23.7 Å². The summed E-state index contributed by atoms with van der Waals surface area (Å²) in [6, 6.07) is 14.7. The lowest BCUT2D eigenvalue weighted by Gasteiger charge is -2.31. The van der Waals surface area contributed by atoms with Crippen molar-refractivity contribution in [1.29, 1.82) is 0 Å². The number of nitrogens with one attached hydrogen (secondary N) is 1. The SMILES string of the molecule is Cc1c(Cl)cccc1-n1c(C)cc([C@@H]2[C@@H](c3ccccn3)NC(=S)N2C(C)C)c1C. The Hall–Kier alpha value is -2.37. The van der Waals surface area contributed by atoms with E-state index in [1.807, 2.05) is 30.5 Å². The molecule has 4 rings (SSSR count). The van der Waals surface area contributed by atoms with Crippen LogP contribution in [-0.4, -0.2) is 25.6 Å². The molecule has 0 saturated carbocycles. The minimum Gasteiger partial charge on any atom is -0.352 e. The average molecular weight is 439 g/mol. The fourth-order valence-electron chi connectivity index (χ4n) is 4.55. The third-order valence-electron chi connectivity index (χ3n) is 5.96. The van der Waals surface area contributed by atoms with Gasteiger partial charge >= 0.3 is 0 Å². The van der Waals surface area contributed by atoms with E-state index in [1.54, 1.807) is 0 Å². The minimum absolute atomic E-state index is 0.00416. The van der Waals surface area contributed by atoms with Gasteiger partial charge in [0.15, 0.2) is 5.11 Å². The molecule has 0 spiro atoms. The largest absolute Gasteiger partial charge is 0.352 e. The second-order valence-corrected chi connectivity index (χ2v) is 8.97. The first-order valence-corrected chi connectivity index (χ1v) is 11.0. The second-order valence-electron chi connectivity index (χ2n) is 8.17. The van der Waals surface area contributed by atoms with E-state index in [1.165, 1.54) is 17.0 Å². The highest BCUT2D eigenvalue weighted by atomic mass is 35.5. The summed E-state index contributed by atoms with van der Waals surface area (Å²) >= 11 is 12.2. The molecule has 1 aromatic carbocycles. The van der Waals surface area contributed by atoms with Gasteiger partial charge < -0.3 is 14.8 Å². The van der Waals surface area contributed by atoms with E-state index in [2.05, 4.69) is 72.6 Å². The van der Waals surface area contributed by atoms with Gasteiger partial charge in [-0.05, 0) is 88.3 Å². The predicted octanol–water partition coefficient (Wildman–Crippen LogP) is 5.83. The second kappa shape index (κ2) is 8.05. The summed E-state index contributed by atoms with van der Waals surface area (Å²) in [6.07, 6.45) is 1.84. The number of thiocarbonyl (C=S) groups is 1. The lowest BCUT2D eigenvalue weighted by atomic mass is 9.96. The van der Waals surface area contributed by atoms with Crippen LogP contribution in [0.4, 0.5) is 0 Å². The van der Waals surface area contributed by atoms with Crippen LogP contribution in [-0.2, 0) is 0 Å². The van der Waals surface area contributed by atoms with E-state index in [4.69, 9.17) is 23.8 Å². The highest BCUT2D eigenvalue weighted by Crippen LogP contribution is 2.42. The number of pyridine rings is 1. The smallest absolute Gasteiger partial charge is 0.170 e. The Balaban J connectivity index is 1.88. The zero-order chi connectivity index (χ0) is 21.6. The Kier molecular flexibility index (Phi) is 5.60. The lowest BCUT2D eigenvalue weighted by molar-refractivity contribution is 0.269. The maximum atomic E-state index is 6.43. The quantitative estimate of drug-likeness (QED) is 0.519. The third kappa shape index (κ3) is 3.40. The molecule has 0 radical (unpaired) electrons. The summed E-state index contributed by atoms with van der Waals surface area (Å²) in [4.78, 5) is 6.93. The molecule has 1 aliphatic rings. The van der Waals surface area contributed by atoms with E-state index in [0.717, 1.165) is 27.1 Å². The van der Waals surface area contributed by atoms with Crippen LogP contribution >= 0.6 is 23.8 Å². The van der Waals surface area contributed by atoms with Crippen molar-refractivity contribution in [1.82, 2.24) is 19.8 Å². The molecule has 1 aliphatic heterocycles. The number of hydrogen-bond acceptors (Lipinski definition) is 2. The first-order chi connectivity index (χ1) is 14.3. The van der Waals surface area contributed by atoms with Crippen molar-refractivity contribution in [3.8, 4) is 5.69 Å². The van der Waals surface area contributed by atoms with Gasteiger partial charge in [0.05, 0.1) is 17.8 Å². The van der Waals surface area contributed by atoms with Crippen LogP contribution in [0.3, 0.4) is 0 Å². The van der Waals surface area contributed by atoms with Crippen molar-refractivity contribution >= 4 is 28.9 Å². The Morgan fingerprint density at radius 2 is 1.87 bits per heavy atom. The molecular formula is C24H27ClN4S. The van der Waals surface area contributed by atoms with Crippen LogP contribution in [0, 0.1) is 20.8 Å². The molecule has 4 nitrogen and oxygen atoms in total. The molecule has 30 heavy (non-hydrogen) atoms. The Labute approximate surface area is 188 Å². The Morgan fingerprint density at radius 1 is 1.10 bits per heavy atom. The molecule has 2 aromatic heterocycles. The molecule has 1 saturated heterocycles. The number of hydrogen-bond donors (Lipinski definition) is 1. The molecule has 156 valence electrons. The first kappa shape index (κ1) is 20.9. The molecule has 6 heteroatoms. The highest BCUT2D eigenvalue weighted by Gasteiger charge is 2.42. The normalized spacial score (nSPS) is 18.9. The molecule has 3 aromatic rings. The van der Waals surface area contributed by atoms with Crippen molar-refractivity contribution in [2.75, 3.05) is 0 Å². The fourth-order valence-corrected chi connectivity index (χ4v) is 5.17. The summed E-state index contributed by atoms with van der Waals surface area (Å²) in [6.45, 7) is 10.8. The van der Waals surface area contributed by atoms with E-state index in [0.29, 0.717) is 0 Å². The van der Waals surface area contributed by atoms with Gasteiger partial charge in [0.25, 0.3) is 0 Å². The zero-order valence-electron chi connectivity index (χ0n) is 18.0. The number of halogens is 1. The Morgan fingerprint density at radius 3 is 2.53 bits per heavy atom. The van der Waals surface area contributed by atoms with Gasteiger partial charge in [-0.15, -0.1) is 0 Å². The van der Waals surface area contributed by atoms with Crippen molar-refractivity contribution < 1.29 is 0 Å². The van der Waals surface area contributed by atoms with E-state index in [-0.39, 0.29) is 18.1 Å². The molecule has 2 atom stereocenters. The van der Waals surface area contributed by atoms with Crippen LogP contribution in [0.5, 0.6) is 0 Å². The van der Waals surface area contributed by atoms with Crippen molar-refractivity contribution in [3.63, 3.8) is 0 Å². The number of aryl methyl sites for hydroxylation is 1. The maximum Gasteiger partial charge on any atom is 0.170 e. The van der Waals surface area contributed by atoms with Crippen molar-refractivity contribution in [2.45, 2.75) is 52.7 Å². The lowest BCUT2D eigenvalue weighted by Crippen LogP contribution is -2.35. The summed E-state index contributed by atoms with van der Waals surface area (Å²) in [5.41, 5.74) is 6.81.